The summed E-state index contributed by atoms with van der Waals surface area (Å²) in [5, 5.41) is 0. The van der Waals surface area contributed by atoms with E-state index in [0.29, 0.717) is 0 Å². The Labute approximate surface area is 152 Å². The van der Waals surface area contributed by atoms with Crippen molar-refractivity contribution in [1.82, 2.24) is 8.47 Å². The van der Waals surface area contributed by atoms with Crippen molar-refractivity contribution in [2.24, 2.45) is 20.0 Å². The van der Waals surface area contributed by atoms with Crippen molar-refractivity contribution in [3.05, 3.63) is 59.5 Å². The van der Waals surface area contributed by atoms with Gasteiger partial charge in [-0.2, -0.15) is 0 Å². The molecule has 6 aliphatic rings. The van der Waals surface area contributed by atoms with Crippen molar-refractivity contribution in [3.63, 3.8) is 0 Å². The molecule has 6 aliphatic heterocycles. The molecular formula is C18H14N8Si. The van der Waals surface area contributed by atoms with E-state index >= 15 is 0 Å². The molecule has 0 amide bonds. The monoisotopic (exact) mass is 370 g/mol. The molecule has 0 bridgehead atoms. The Morgan fingerprint density at radius 2 is 1.26 bits per heavy atom. The average molecular weight is 370 g/mol. The first-order valence-electron chi connectivity index (χ1n) is 9.11. The van der Waals surface area contributed by atoms with Gasteiger partial charge in [0.25, 0.3) is 0 Å². The van der Waals surface area contributed by atoms with Crippen molar-refractivity contribution in [2.45, 2.75) is 13.1 Å². The topological polar surface area (TPSA) is 65.3 Å². The van der Waals surface area contributed by atoms with E-state index in [2.05, 4.69) is 78.6 Å². The van der Waals surface area contributed by atoms with Gasteiger partial charge < -0.3 is 0 Å². The van der Waals surface area contributed by atoms with Crippen LogP contribution in [0, 0.1) is 0 Å². The van der Waals surface area contributed by atoms with Gasteiger partial charge in [0, 0.05) is 0 Å². The predicted octanol–water partition coefficient (Wildman–Crippen LogP) is 0.604. The van der Waals surface area contributed by atoms with Gasteiger partial charge in [0.1, 0.15) is 0 Å². The molecule has 9 heteroatoms. The molecule has 0 saturated carbocycles. The van der Waals surface area contributed by atoms with Gasteiger partial charge in [-0.1, -0.05) is 0 Å². The number of rotatable bonds is 0. The molecule has 0 unspecified atom stereocenters. The van der Waals surface area contributed by atoms with Crippen LogP contribution in [-0.4, -0.2) is 47.6 Å². The summed E-state index contributed by atoms with van der Waals surface area (Å²) < 4.78 is 9.49. The zero-order valence-corrected chi connectivity index (χ0v) is 15.7. The van der Waals surface area contributed by atoms with Gasteiger partial charge in [0.15, 0.2) is 0 Å². The Morgan fingerprint density at radius 1 is 0.667 bits per heavy atom. The molecule has 8 rings (SSSR count). The minimum absolute atomic E-state index is 0.931. The maximum absolute atomic E-state index is 4.95. The van der Waals surface area contributed by atoms with Crippen LogP contribution < -0.4 is 11.0 Å². The maximum atomic E-state index is 4.95. The number of amidine groups is 4. The van der Waals surface area contributed by atoms with Crippen LogP contribution in [0.5, 0.6) is 0 Å². The molecule has 130 valence electrons. The Balaban J connectivity index is 1.86. The summed E-state index contributed by atoms with van der Waals surface area (Å²) in [4.78, 5) is 19.8. The summed E-state index contributed by atoms with van der Waals surface area (Å²) >= 11 is 0. The SMILES string of the molecule is C[Si-2]123(C)n4c5ccc4N=c4ccc(n41)=NC1=[N+]2C(=NC2=[N+]3C(=N5)C=C2)C=C1. The molecule has 0 N–H and O–H groups in total. The predicted molar refractivity (Wildman–Crippen MR) is 102 cm³/mol. The third-order valence-electron chi connectivity index (χ3n) is 7.26. The Hall–Kier alpha value is -3.46. The van der Waals surface area contributed by atoms with Crippen molar-refractivity contribution in [3.8, 4) is 0 Å². The Bertz CT molecular complexity index is 1580. The van der Waals surface area contributed by atoms with E-state index in [-0.39, 0.29) is 0 Å². The van der Waals surface area contributed by atoms with E-state index in [9.17, 15) is 0 Å². The second kappa shape index (κ2) is 2.95. The zero-order valence-electron chi connectivity index (χ0n) is 14.7. The normalized spacial score (nSPS) is 28.8. The van der Waals surface area contributed by atoms with Crippen LogP contribution in [-0.2, 0) is 0 Å². The molecule has 8 heterocycles. The van der Waals surface area contributed by atoms with Crippen LogP contribution >= 0.6 is 0 Å². The molecule has 2 aromatic rings. The molecule has 2 aromatic heterocycles. The van der Waals surface area contributed by atoms with Crippen LogP contribution in [0.15, 0.2) is 68.5 Å². The molecule has 27 heavy (non-hydrogen) atoms. The number of hydrogen-bond acceptors (Lipinski definition) is 4. The first-order chi connectivity index (χ1) is 13.0. The average Bonchev–Trinajstić information content (AvgIpc) is 3.37. The van der Waals surface area contributed by atoms with E-state index in [1.807, 2.05) is 0 Å². The molecule has 0 atom stereocenters. The molecular weight excluding hydrogens is 356 g/mol. The quantitative estimate of drug-likeness (QED) is 0.610. The molecule has 0 aliphatic carbocycles. The fourth-order valence-corrected chi connectivity index (χ4v) is 14.8. The summed E-state index contributed by atoms with van der Waals surface area (Å²) in [6.07, 6.45) is 8.29. The Morgan fingerprint density at radius 3 is 2.00 bits per heavy atom. The molecule has 8 nitrogen and oxygen atoms in total. The van der Waals surface area contributed by atoms with Crippen LogP contribution in [0.4, 0.5) is 11.6 Å². The minimum atomic E-state index is -4.32. The molecule has 0 radical (unpaired) electrons. The second-order valence-corrected chi connectivity index (χ2v) is 16.4. The van der Waals surface area contributed by atoms with Gasteiger partial charge in [-0.05, 0) is 0 Å². The summed E-state index contributed by atoms with van der Waals surface area (Å²) in [5.74, 6) is 5.58. The fraction of sp³-hybridized carbons (Fsp3) is 0.111. The van der Waals surface area contributed by atoms with Gasteiger partial charge >= 0.3 is 152 Å². The zero-order chi connectivity index (χ0) is 17.8. The number of aromatic nitrogens is 2. The fourth-order valence-electron chi connectivity index (χ4n) is 6.49. The van der Waals surface area contributed by atoms with E-state index < -0.39 is 7.27 Å². The number of hydrogen-bond donors (Lipinski definition) is 0. The molecule has 0 aromatic carbocycles. The van der Waals surface area contributed by atoms with Gasteiger partial charge in [0.05, 0.1) is 0 Å². The second-order valence-electron chi connectivity index (χ2n) is 8.88. The molecule has 0 saturated heterocycles. The van der Waals surface area contributed by atoms with Crippen LogP contribution in [0.1, 0.15) is 0 Å². The first-order valence-corrected chi connectivity index (χ1v) is 12.9. The van der Waals surface area contributed by atoms with Gasteiger partial charge in [-0.25, -0.2) is 0 Å². The van der Waals surface area contributed by atoms with Crippen molar-refractivity contribution in [1.29, 1.82) is 0 Å². The van der Waals surface area contributed by atoms with Crippen molar-refractivity contribution in [2.75, 3.05) is 0 Å². The van der Waals surface area contributed by atoms with Crippen LogP contribution in [0.2, 0.25) is 13.1 Å². The standard InChI is InChI=1S/C18H14N8Si/c1-27(2)23-11-3-4-12(23)20-14-7-8-16(25(14)27)22-18-10-9-17(26(18)27)21-15-6-5-13(19-11)24(15)27/h3-10H,1-2H3. The summed E-state index contributed by atoms with van der Waals surface area (Å²) in [6, 6.07) is 8.29. The third-order valence-corrected chi connectivity index (χ3v) is 15.1. The number of nitrogens with zero attached hydrogens (tertiary/aromatic N) is 8. The third kappa shape index (κ3) is 0.870. The molecule has 1 spiro atoms. The van der Waals surface area contributed by atoms with Crippen molar-refractivity contribution < 1.29 is 8.48 Å². The summed E-state index contributed by atoms with van der Waals surface area (Å²) in [5.41, 5.74) is 1.86. The number of aliphatic imine (C=N–C) groups is 2. The van der Waals surface area contributed by atoms with Gasteiger partial charge in [-0.15, -0.1) is 0 Å². The van der Waals surface area contributed by atoms with Gasteiger partial charge in [0.2, 0.25) is 0 Å². The Kier molecular flexibility index (Phi) is 1.40. The summed E-state index contributed by atoms with van der Waals surface area (Å²) in [7, 11) is -4.32. The van der Waals surface area contributed by atoms with E-state index in [1.165, 1.54) is 0 Å². The first kappa shape index (κ1) is 12.8. The van der Waals surface area contributed by atoms with Crippen molar-refractivity contribution >= 4 is 42.3 Å². The van der Waals surface area contributed by atoms with Crippen LogP contribution in [0.3, 0.4) is 0 Å². The van der Waals surface area contributed by atoms with E-state index in [1.54, 1.807) is 0 Å². The summed E-state index contributed by atoms with van der Waals surface area (Å²) in [6.45, 7) is 4.78. The van der Waals surface area contributed by atoms with E-state index in [0.717, 1.165) is 46.0 Å². The van der Waals surface area contributed by atoms with Gasteiger partial charge in [-0.3, -0.25) is 0 Å². The van der Waals surface area contributed by atoms with E-state index in [4.69, 9.17) is 20.0 Å². The van der Waals surface area contributed by atoms with Crippen LogP contribution in [0.25, 0.3) is 0 Å². The molecule has 0 fully saturated rings.